The number of benzene rings is 7. The molecule has 0 saturated carbocycles. The second-order valence-electron chi connectivity index (χ2n) is 11.4. The molecule has 0 atom stereocenters. The summed E-state index contributed by atoms with van der Waals surface area (Å²) < 4.78 is 95.8. The third-order valence-corrected chi connectivity index (χ3v) is 8.63. The summed E-state index contributed by atoms with van der Waals surface area (Å²) in [5.74, 6) is 0.481. The predicted molar refractivity (Wildman–Crippen MR) is 197 cm³/mol. The molecule has 3 aromatic heterocycles. The number of aromatic nitrogens is 3. The Morgan fingerprint density at radius 1 is 0.542 bits per heavy atom. The minimum absolute atomic E-state index is 0.000231. The fraction of sp³-hybridized carbons (Fsp3) is 0. The lowest BCUT2D eigenvalue weighted by molar-refractivity contribution is 0.668. The molecule has 0 fully saturated rings. The topological polar surface area (TPSA) is 43.9 Å². The fourth-order valence-electron chi connectivity index (χ4n) is 6.46. The second-order valence-corrected chi connectivity index (χ2v) is 11.4. The van der Waals surface area contributed by atoms with Gasteiger partial charge in [-0.15, -0.1) is 0 Å². The Morgan fingerprint density at radius 3 is 1.98 bits per heavy atom. The number of para-hydroxylation sites is 1. The van der Waals surface area contributed by atoms with Crippen LogP contribution in [-0.4, -0.2) is 14.5 Å². The van der Waals surface area contributed by atoms with Crippen LogP contribution in [0, 0.1) is 0 Å². The van der Waals surface area contributed by atoms with E-state index < -0.39 is 48.3 Å². The Balaban J connectivity index is 1.27. The lowest BCUT2D eigenvalue weighted by Crippen LogP contribution is -1.96. The number of rotatable bonds is 4. The lowest BCUT2D eigenvalue weighted by atomic mass is 10.0. The minimum Gasteiger partial charge on any atom is -0.456 e. The summed E-state index contributed by atoms with van der Waals surface area (Å²) in [6, 6.07) is 27.8. The highest BCUT2D eigenvalue weighted by Gasteiger charge is 2.19. The van der Waals surface area contributed by atoms with Crippen LogP contribution in [0.2, 0.25) is 0 Å². The molecule has 0 unspecified atom stereocenters. The molecule has 0 aliphatic rings. The SMILES string of the molecule is [2H]c1c([2H])c([2H])c2c([2H])c3c(c([2H])c2c1[2H])c1c([2H])c([2H])c([2H])c([2H])c1n3-c1ccc2c(c1)oc1cccc(-c3nc(-c4ccccc4)cc(-c4ccccc4)n3)c12. The van der Waals surface area contributed by atoms with Gasteiger partial charge < -0.3 is 8.98 Å². The van der Waals surface area contributed by atoms with Crippen LogP contribution < -0.4 is 0 Å². The minimum atomic E-state index is -0.571. The maximum atomic E-state index is 9.43. The van der Waals surface area contributed by atoms with E-state index in [0.29, 0.717) is 28.1 Å². The number of furan rings is 1. The number of hydrogen-bond acceptors (Lipinski definition) is 3. The molecule has 0 amide bonds. The molecule has 0 aliphatic carbocycles. The molecule has 0 spiro atoms. The summed E-state index contributed by atoms with van der Waals surface area (Å²) >= 11 is 0. The van der Waals surface area contributed by atoms with Crippen molar-refractivity contribution in [1.82, 2.24) is 14.5 Å². The highest BCUT2D eigenvalue weighted by atomic mass is 16.3. The van der Waals surface area contributed by atoms with Gasteiger partial charge in [-0.1, -0.05) is 115 Å². The van der Waals surface area contributed by atoms with Gasteiger partial charge in [-0.05, 0) is 53.2 Å². The van der Waals surface area contributed by atoms with Crippen molar-refractivity contribution in [2.24, 2.45) is 0 Å². The second kappa shape index (κ2) is 10.5. The summed E-state index contributed by atoms with van der Waals surface area (Å²) in [7, 11) is 0. The van der Waals surface area contributed by atoms with Crippen molar-refractivity contribution in [1.29, 1.82) is 0 Å². The van der Waals surface area contributed by atoms with Crippen molar-refractivity contribution in [3.63, 3.8) is 0 Å². The van der Waals surface area contributed by atoms with E-state index in [1.54, 1.807) is 12.1 Å². The quantitative estimate of drug-likeness (QED) is 0.196. The van der Waals surface area contributed by atoms with Gasteiger partial charge in [0.25, 0.3) is 0 Å². The van der Waals surface area contributed by atoms with Gasteiger partial charge in [0.1, 0.15) is 11.2 Å². The van der Waals surface area contributed by atoms with E-state index in [1.807, 2.05) is 91.0 Å². The van der Waals surface area contributed by atoms with Crippen molar-refractivity contribution in [2.75, 3.05) is 0 Å². The first-order valence-electron chi connectivity index (χ1n) is 20.4. The zero-order chi connectivity index (χ0) is 40.3. The van der Waals surface area contributed by atoms with Gasteiger partial charge in [0.2, 0.25) is 0 Å². The molecule has 3 heterocycles. The molecular weight excluding hydrogens is 587 g/mol. The third-order valence-electron chi connectivity index (χ3n) is 8.63. The number of nitrogens with zero attached hydrogens (tertiary/aromatic N) is 3. The van der Waals surface area contributed by atoms with Gasteiger partial charge in [-0.2, -0.15) is 0 Å². The molecule has 4 nitrogen and oxygen atoms in total. The highest BCUT2D eigenvalue weighted by Crippen LogP contribution is 2.40. The normalized spacial score (nSPS) is 14.7. The molecule has 0 N–H and O–H groups in total. The van der Waals surface area contributed by atoms with Crippen LogP contribution in [0.3, 0.4) is 0 Å². The van der Waals surface area contributed by atoms with E-state index in [-0.39, 0.29) is 44.7 Å². The van der Waals surface area contributed by atoms with E-state index >= 15 is 0 Å². The first kappa shape index (κ1) is 18.6. The molecule has 48 heavy (non-hydrogen) atoms. The maximum absolute atomic E-state index is 9.43. The average molecular weight is 624 g/mol. The van der Waals surface area contributed by atoms with Crippen LogP contribution in [0.15, 0.2) is 168 Å². The Kier molecular flexibility index (Phi) is 4.07. The van der Waals surface area contributed by atoms with Gasteiger partial charge in [-0.25, -0.2) is 9.97 Å². The van der Waals surface area contributed by atoms with Gasteiger partial charge in [0, 0.05) is 50.0 Å². The Morgan fingerprint density at radius 2 is 1.23 bits per heavy atom. The van der Waals surface area contributed by atoms with Crippen molar-refractivity contribution in [3.05, 3.63) is 164 Å². The van der Waals surface area contributed by atoms with Crippen LogP contribution >= 0.6 is 0 Å². The highest BCUT2D eigenvalue weighted by molar-refractivity contribution is 6.15. The largest absolute Gasteiger partial charge is 0.456 e. The summed E-state index contributed by atoms with van der Waals surface area (Å²) in [5.41, 5.74) is 5.35. The van der Waals surface area contributed by atoms with E-state index in [4.69, 9.17) is 25.4 Å². The smallest absolute Gasteiger partial charge is 0.161 e. The summed E-state index contributed by atoms with van der Waals surface area (Å²) in [6.07, 6.45) is 0. The fourth-order valence-corrected chi connectivity index (χ4v) is 6.46. The maximum Gasteiger partial charge on any atom is 0.161 e. The average Bonchev–Trinajstić information content (AvgIpc) is 3.82. The van der Waals surface area contributed by atoms with Crippen LogP contribution in [0.1, 0.15) is 13.7 Å². The Bertz CT molecular complexity index is 3340. The van der Waals surface area contributed by atoms with E-state index in [9.17, 15) is 2.74 Å². The number of fused-ring (bicyclic) bond motifs is 7. The zero-order valence-corrected chi connectivity index (χ0v) is 25.1. The molecule has 7 aromatic carbocycles. The first-order valence-corrected chi connectivity index (χ1v) is 15.4. The van der Waals surface area contributed by atoms with Crippen LogP contribution in [-0.2, 0) is 0 Å². The molecule has 0 bridgehead atoms. The van der Waals surface area contributed by atoms with Crippen molar-refractivity contribution >= 4 is 54.5 Å². The molecule has 224 valence electrons. The predicted octanol–water partition coefficient (Wildman–Crippen LogP) is 11.6. The molecule has 4 heteroatoms. The van der Waals surface area contributed by atoms with Gasteiger partial charge in [0.05, 0.1) is 36.1 Å². The van der Waals surface area contributed by atoms with Crippen molar-refractivity contribution < 1.29 is 18.1 Å². The molecule has 10 aromatic rings. The third kappa shape index (κ3) is 4.16. The monoisotopic (exact) mass is 623 g/mol. The van der Waals surface area contributed by atoms with E-state index in [0.717, 1.165) is 33.5 Å². The van der Waals surface area contributed by atoms with Crippen LogP contribution in [0.4, 0.5) is 0 Å². The first-order chi connectivity index (χ1) is 28.0. The summed E-state index contributed by atoms with van der Waals surface area (Å²) in [4.78, 5) is 10.1. The van der Waals surface area contributed by atoms with E-state index in [1.165, 1.54) is 4.57 Å². The van der Waals surface area contributed by atoms with Gasteiger partial charge >= 0.3 is 0 Å². The molecule has 0 saturated heterocycles. The zero-order valence-electron chi connectivity index (χ0n) is 35.1. The van der Waals surface area contributed by atoms with Crippen LogP contribution in [0.5, 0.6) is 0 Å². The molecular formula is C44H27N3O. The summed E-state index contributed by atoms with van der Waals surface area (Å²) in [5, 5.41) is 0.994. The standard InChI is InChI=1S/C44H27N3O/c1-3-12-28(13-4-1)37-27-38(29-14-5-2-6-15-29)46-44(45-37)35-19-11-21-41-43(35)34-23-22-32(26-42(34)48-41)47-39-20-10-9-18-33(39)36-24-30-16-7-8-17-31(30)25-40(36)47/h1-27H/i7D,8D,9D,10D,16D,17D,18D,20D,24D,25D. The number of hydrogen-bond donors (Lipinski definition) is 0. The van der Waals surface area contributed by atoms with Crippen LogP contribution in [0.25, 0.3) is 94.1 Å². The molecule has 0 aliphatic heterocycles. The molecule has 10 rings (SSSR count). The van der Waals surface area contributed by atoms with Gasteiger partial charge in [0.15, 0.2) is 5.82 Å². The van der Waals surface area contributed by atoms with Crippen molar-refractivity contribution in [3.8, 4) is 39.6 Å². The van der Waals surface area contributed by atoms with Crippen molar-refractivity contribution in [2.45, 2.75) is 0 Å². The van der Waals surface area contributed by atoms with E-state index in [2.05, 4.69) is 0 Å². The van der Waals surface area contributed by atoms with Gasteiger partial charge in [-0.3, -0.25) is 0 Å². The lowest BCUT2D eigenvalue weighted by Gasteiger charge is -2.10. The molecule has 0 radical (unpaired) electrons. The summed E-state index contributed by atoms with van der Waals surface area (Å²) in [6.45, 7) is 0. The Hall–Kier alpha value is -6.52. The Labute approximate surface area is 290 Å².